The van der Waals surface area contributed by atoms with Gasteiger partial charge < -0.3 is 0 Å². The van der Waals surface area contributed by atoms with Crippen LogP contribution in [0.15, 0.2) is 35.3 Å². The number of thioether (sulfide) groups is 1. The molecule has 0 fully saturated rings. The maximum Gasteiger partial charge on any atom is 0.157 e. The monoisotopic (exact) mass is 208 g/mol. The molecular weight excluding hydrogens is 192 g/mol. The van der Waals surface area contributed by atoms with Crippen molar-refractivity contribution >= 4 is 17.5 Å². The third-order valence-electron chi connectivity index (χ3n) is 1.96. The average Bonchev–Trinajstić information content (AvgIpc) is 2.07. The molecule has 0 unspecified atom stereocenters. The summed E-state index contributed by atoms with van der Waals surface area (Å²) < 4.78 is -0.00297. The number of carbonyl (C=O) groups is 1. The zero-order valence-corrected chi connectivity index (χ0v) is 9.73. The SMILES string of the molecule is CC1=C/C=C/SC(C)(C)CC(=O)C=C1. The minimum atomic E-state index is -0.00297. The van der Waals surface area contributed by atoms with Crippen LogP contribution in [-0.2, 0) is 4.79 Å². The van der Waals surface area contributed by atoms with Gasteiger partial charge in [0.2, 0.25) is 0 Å². The fourth-order valence-electron chi connectivity index (χ4n) is 1.21. The molecule has 0 spiro atoms. The van der Waals surface area contributed by atoms with Crippen molar-refractivity contribution < 1.29 is 4.79 Å². The lowest BCUT2D eigenvalue weighted by Gasteiger charge is -2.20. The molecule has 1 rings (SSSR count). The smallest absolute Gasteiger partial charge is 0.157 e. The summed E-state index contributed by atoms with van der Waals surface area (Å²) in [5.41, 5.74) is 1.11. The first kappa shape index (κ1) is 11.3. The summed E-state index contributed by atoms with van der Waals surface area (Å²) in [6.45, 7) is 6.17. The Labute approximate surface area is 90.0 Å². The Morgan fingerprint density at radius 2 is 2.07 bits per heavy atom. The number of rotatable bonds is 0. The third kappa shape index (κ3) is 3.97. The Morgan fingerprint density at radius 1 is 1.36 bits per heavy atom. The molecule has 0 aromatic carbocycles. The average molecular weight is 208 g/mol. The molecule has 0 saturated heterocycles. The molecule has 76 valence electrons. The van der Waals surface area contributed by atoms with Crippen molar-refractivity contribution in [2.24, 2.45) is 0 Å². The van der Waals surface area contributed by atoms with E-state index in [2.05, 4.69) is 19.3 Å². The van der Waals surface area contributed by atoms with Crippen LogP contribution < -0.4 is 0 Å². The van der Waals surface area contributed by atoms with E-state index < -0.39 is 0 Å². The molecule has 1 nitrogen and oxygen atoms in total. The summed E-state index contributed by atoms with van der Waals surface area (Å²) in [5.74, 6) is 0.200. The highest BCUT2D eigenvalue weighted by molar-refractivity contribution is 8.03. The highest BCUT2D eigenvalue weighted by Crippen LogP contribution is 2.29. The number of carbonyl (C=O) groups excluding carboxylic acids is 1. The van der Waals surface area contributed by atoms with Crippen molar-refractivity contribution in [1.29, 1.82) is 0 Å². The van der Waals surface area contributed by atoms with Gasteiger partial charge in [0.1, 0.15) is 0 Å². The standard InChI is InChI=1S/C12H16OS/c1-10-5-4-8-14-12(2,3)9-11(13)7-6-10/h4-8H,9H2,1-3H3/b7-6?,8-4+,10-5?. The van der Waals surface area contributed by atoms with Gasteiger partial charge >= 0.3 is 0 Å². The maximum absolute atomic E-state index is 11.5. The summed E-state index contributed by atoms with van der Waals surface area (Å²) in [6, 6.07) is 0. The summed E-state index contributed by atoms with van der Waals surface area (Å²) in [6.07, 6.45) is 8.18. The lowest BCUT2D eigenvalue weighted by Crippen LogP contribution is -2.18. The molecule has 0 amide bonds. The van der Waals surface area contributed by atoms with E-state index in [1.54, 1.807) is 17.8 Å². The summed E-state index contributed by atoms with van der Waals surface area (Å²) >= 11 is 1.70. The van der Waals surface area contributed by atoms with Crippen LogP contribution >= 0.6 is 11.8 Å². The highest BCUT2D eigenvalue weighted by atomic mass is 32.2. The number of hydrogen-bond donors (Lipinski definition) is 0. The van der Waals surface area contributed by atoms with E-state index in [0.717, 1.165) is 5.57 Å². The number of hydrogen-bond acceptors (Lipinski definition) is 2. The molecule has 0 aromatic heterocycles. The van der Waals surface area contributed by atoms with Crippen molar-refractivity contribution in [3.63, 3.8) is 0 Å². The Bertz CT molecular complexity index is 308. The van der Waals surface area contributed by atoms with Crippen molar-refractivity contribution in [3.05, 3.63) is 35.3 Å². The number of ketones is 1. The molecule has 1 aliphatic rings. The maximum atomic E-state index is 11.5. The molecule has 1 heterocycles. The van der Waals surface area contributed by atoms with Crippen molar-refractivity contribution in [2.45, 2.75) is 31.9 Å². The van der Waals surface area contributed by atoms with E-state index in [0.29, 0.717) is 6.42 Å². The Morgan fingerprint density at radius 3 is 2.79 bits per heavy atom. The van der Waals surface area contributed by atoms with E-state index in [-0.39, 0.29) is 10.5 Å². The fraction of sp³-hybridized carbons (Fsp3) is 0.417. The molecule has 0 bridgehead atoms. The molecule has 1 aliphatic heterocycles. The molecule has 14 heavy (non-hydrogen) atoms. The molecule has 0 radical (unpaired) electrons. The van der Waals surface area contributed by atoms with Crippen LogP contribution in [0.25, 0.3) is 0 Å². The largest absolute Gasteiger partial charge is 0.295 e. The predicted octanol–water partition coefficient (Wildman–Crippen LogP) is 3.49. The van der Waals surface area contributed by atoms with E-state index in [1.807, 2.05) is 25.2 Å². The molecule has 0 atom stereocenters. The van der Waals surface area contributed by atoms with Crippen LogP contribution in [0.3, 0.4) is 0 Å². The molecule has 0 aromatic rings. The zero-order valence-electron chi connectivity index (χ0n) is 8.91. The summed E-state index contributed by atoms with van der Waals surface area (Å²) in [4.78, 5) is 11.5. The van der Waals surface area contributed by atoms with Gasteiger partial charge in [-0.1, -0.05) is 23.8 Å². The van der Waals surface area contributed by atoms with E-state index in [9.17, 15) is 4.79 Å². The second kappa shape index (κ2) is 4.65. The van der Waals surface area contributed by atoms with Crippen LogP contribution in [0.2, 0.25) is 0 Å². The van der Waals surface area contributed by atoms with Gasteiger partial charge in [-0.2, -0.15) is 0 Å². The van der Waals surface area contributed by atoms with Crippen molar-refractivity contribution in [1.82, 2.24) is 0 Å². The second-order valence-electron chi connectivity index (χ2n) is 4.09. The fourth-order valence-corrected chi connectivity index (χ4v) is 1.97. The van der Waals surface area contributed by atoms with Gasteiger partial charge in [-0.3, -0.25) is 4.79 Å². The lowest BCUT2D eigenvalue weighted by atomic mass is 10.1. The molecule has 0 aliphatic carbocycles. The van der Waals surface area contributed by atoms with E-state index in [1.165, 1.54) is 0 Å². The summed E-state index contributed by atoms with van der Waals surface area (Å²) in [5, 5.41) is 2.05. The topological polar surface area (TPSA) is 17.1 Å². The van der Waals surface area contributed by atoms with Crippen molar-refractivity contribution in [2.75, 3.05) is 0 Å². The lowest BCUT2D eigenvalue weighted by molar-refractivity contribution is -0.114. The zero-order chi connectivity index (χ0) is 10.6. The minimum Gasteiger partial charge on any atom is -0.295 e. The first-order valence-electron chi connectivity index (χ1n) is 4.72. The van der Waals surface area contributed by atoms with Crippen LogP contribution in [0, 0.1) is 0 Å². The third-order valence-corrected chi connectivity index (χ3v) is 3.03. The Balaban J connectivity index is 2.87. The number of allylic oxidation sites excluding steroid dienone is 5. The first-order chi connectivity index (χ1) is 6.49. The molecule has 2 heteroatoms. The second-order valence-corrected chi connectivity index (χ2v) is 5.71. The first-order valence-corrected chi connectivity index (χ1v) is 5.60. The van der Waals surface area contributed by atoms with E-state index >= 15 is 0 Å². The van der Waals surface area contributed by atoms with Gasteiger partial charge in [0.15, 0.2) is 5.78 Å². The summed E-state index contributed by atoms with van der Waals surface area (Å²) in [7, 11) is 0. The highest BCUT2D eigenvalue weighted by Gasteiger charge is 2.20. The van der Waals surface area contributed by atoms with Gasteiger partial charge in [-0.15, -0.1) is 11.8 Å². The Hall–Kier alpha value is -0.760. The van der Waals surface area contributed by atoms with Gasteiger partial charge in [-0.25, -0.2) is 0 Å². The van der Waals surface area contributed by atoms with Gasteiger partial charge in [0, 0.05) is 11.2 Å². The van der Waals surface area contributed by atoms with E-state index in [4.69, 9.17) is 0 Å². The van der Waals surface area contributed by atoms with Crippen LogP contribution in [0.5, 0.6) is 0 Å². The van der Waals surface area contributed by atoms with Crippen LogP contribution in [0.4, 0.5) is 0 Å². The molecule has 0 N–H and O–H groups in total. The normalized spacial score (nSPS) is 24.2. The predicted molar refractivity (Wildman–Crippen MR) is 63.3 cm³/mol. The minimum absolute atomic E-state index is 0.00297. The van der Waals surface area contributed by atoms with Gasteiger partial charge in [0.05, 0.1) is 0 Å². The van der Waals surface area contributed by atoms with Crippen molar-refractivity contribution in [3.8, 4) is 0 Å². The quantitative estimate of drug-likeness (QED) is 0.606. The van der Waals surface area contributed by atoms with Crippen LogP contribution in [-0.4, -0.2) is 10.5 Å². The molecular formula is C12H16OS. The van der Waals surface area contributed by atoms with Gasteiger partial charge in [0.25, 0.3) is 0 Å². The van der Waals surface area contributed by atoms with Crippen LogP contribution in [0.1, 0.15) is 27.2 Å². The Kier molecular flexibility index (Phi) is 3.76. The molecule has 0 saturated carbocycles. The van der Waals surface area contributed by atoms with Gasteiger partial charge in [-0.05, 0) is 32.3 Å².